The summed E-state index contributed by atoms with van der Waals surface area (Å²) in [5.74, 6) is -0.489. The molecule has 1 aromatic heterocycles. The van der Waals surface area contributed by atoms with Crippen LogP contribution in [0.1, 0.15) is 12.6 Å². The fraction of sp³-hybridized carbons (Fsp3) is 0.294. The highest BCUT2D eigenvalue weighted by molar-refractivity contribution is 14.0. The smallest absolute Gasteiger partial charge is 0.191 e. The number of aliphatic imine (C=N–C) groups is 1. The van der Waals surface area contributed by atoms with Crippen molar-refractivity contribution < 1.29 is 12.8 Å². The van der Waals surface area contributed by atoms with Crippen LogP contribution >= 0.6 is 24.0 Å². The molecule has 0 unspecified atom stereocenters. The second-order valence-electron chi connectivity index (χ2n) is 5.19. The highest BCUT2D eigenvalue weighted by atomic mass is 127. The van der Waals surface area contributed by atoms with Gasteiger partial charge in [0.1, 0.15) is 10.7 Å². The minimum Gasteiger partial charge on any atom is -0.357 e. The van der Waals surface area contributed by atoms with E-state index in [4.69, 9.17) is 0 Å². The Morgan fingerprint density at radius 1 is 1.15 bits per heavy atom. The quantitative estimate of drug-likeness (QED) is 0.353. The highest BCUT2D eigenvalue weighted by Crippen LogP contribution is 2.14. The Morgan fingerprint density at radius 3 is 2.54 bits per heavy atom. The molecule has 0 saturated carbocycles. The Balaban J connectivity index is 0.00000338. The Kier molecular flexibility index (Phi) is 9.49. The molecule has 2 rings (SSSR count). The van der Waals surface area contributed by atoms with Crippen molar-refractivity contribution in [1.82, 2.24) is 15.6 Å². The zero-order valence-electron chi connectivity index (χ0n) is 14.4. The van der Waals surface area contributed by atoms with Gasteiger partial charge in [0, 0.05) is 19.3 Å². The van der Waals surface area contributed by atoms with Crippen LogP contribution in [0.3, 0.4) is 0 Å². The topological polar surface area (TPSA) is 83.4 Å². The molecule has 1 heterocycles. The number of hydrogen-bond donors (Lipinski definition) is 2. The zero-order chi connectivity index (χ0) is 18.1. The molecule has 26 heavy (non-hydrogen) atoms. The van der Waals surface area contributed by atoms with Crippen LogP contribution < -0.4 is 10.6 Å². The molecule has 1 aromatic carbocycles. The number of nitrogens with one attached hydrogen (secondary N) is 2. The van der Waals surface area contributed by atoms with Gasteiger partial charge in [-0.3, -0.25) is 4.98 Å². The van der Waals surface area contributed by atoms with E-state index in [1.807, 2.05) is 25.1 Å². The Bertz CT molecular complexity index is 817. The maximum Gasteiger partial charge on any atom is 0.191 e. The average Bonchev–Trinajstić information content (AvgIpc) is 2.60. The van der Waals surface area contributed by atoms with Crippen LogP contribution in [0, 0.1) is 5.82 Å². The van der Waals surface area contributed by atoms with Gasteiger partial charge in [0.25, 0.3) is 0 Å². The monoisotopic (exact) mass is 492 g/mol. The van der Waals surface area contributed by atoms with Crippen molar-refractivity contribution in [3.63, 3.8) is 0 Å². The summed E-state index contributed by atoms with van der Waals surface area (Å²) < 4.78 is 38.1. The van der Waals surface area contributed by atoms with Gasteiger partial charge < -0.3 is 10.6 Å². The number of sulfone groups is 1. The molecule has 0 amide bonds. The standard InChI is InChI=1S/C17H21FN4O2S.HI/c1-2-19-17(22-13-14-7-5-6-10-20-14)21-11-12-25(23,24)16-9-4-3-8-15(16)18;/h3-10H,2,11-13H2,1H3,(H2,19,21,22);1H. The maximum atomic E-state index is 13.7. The van der Waals surface area contributed by atoms with E-state index in [2.05, 4.69) is 20.6 Å². The van der Waals surface area contributed by atoms with E-state index in [9.17, 15) is 12.8 Å². The van der Waals surface area contributed by atoms with Crippen LogP contribution in [0.4, 0.5) is 4.39 Å². The number of pyridine rings is 1. The molecule has 0 spiro atoms. The first-order valence-electron chi connectivity index (χ1n) is 7.92. The number of benzene rings is 1. The Hall–Kier alpha value is -1.75. The van der Waals surface area contributed by atoms with Crippen molar-refractivity contribution in [3.8, 4) is 0 Å². The Labute approximate surface area is 170 Å². The van der Waals surface area contributed by atoms with Crippen molar-refractivity contribution in [2.45, 2.75) is 18.4 Å². The molecule has 0 bridgehead atoms. The molecule has 2 aromatic rings. The van der Waals surface area contributed by atoms with Gasteiger partial charge in [-0.25, -0.2) is 17.8 Å². The highest BCUT2D eigenvalue weighted by Gasteiger charge is 2.18. The number of guanidine groups is 1. The van der Waals surface area contributed by atoms with E-state index in [-0.39, 0.29) is 41.2 Å². The summed E-state index contributed by atoms with van der Waals surface area (Å²) >= 11 is 0. The molecule has 0 radical (unpaired) electrons. The minimum atomic E-state index is -3.70. The van der Waals surface area contributed by atoms with Crippen molar-refractivity contribution >= 4 is 39.8 Å². The molecule has 2 N–H and O–H groups in total. The van der Waals surface area contributed by atoms with Gasteiger partial charge in [0.2, 0.25) is 0 Å². The van der Waals surface area contributed by atoms with Gasteiger partial charge in [0.05, 0.1) is 18.0 Å². The first-order valence-corrected chi connectivity index (χ1v) is 9.57. The lowest BCUT2D eigenvalue weighted by Gasteiger charge is -2.11. The summed E-state index contributed by atoms with van der Waals surface area (Å²) in [6, 6.07) is 10.9. The molecule has 0 saturated heterocycles. The van der Waals surface area contributed by atoms with Gasteiger partial charge in [-0.1, -0.05) is 18.2 Å². The van der Waals surface area contributed by atoms with Gasteiger partial charge in [0.15, 0.2) is 15.8 Å². The lowest BCUT2D eigenvalue weighted by molar-refractivity contribution is 0.566. The predicted octanol–water partition coefficient (Wildman–Crippen LogP) is 2.37. The van der Waals surface area contributed by atoms with Crippen LogP contribution in [0.2, 0.25) is 0 Å². The van der Waals surface area contributed by atoms with Crippen molar-refractivity contribution in [1.29, 1.82) is 0 Å². The lowest BCUT2D eigenvalue weighted by atomic mass is 10.3. The van der Waals surface area contributed by atoms with Gasteiger partial charge >= 0.3 is 0 Å². The SMILES string of the molecule is CCNC(=NCc1ccccn1)NCCS(=O)(=O)c1ccccc1F.I. The lowest BCUT2D eigenvalue weighted by Crippen LogP contribution is -2.39. The molecule has 9 heteroatoms. The van der Waals surface area contributed by atoms with Gasteiger partial charge in [-0.05, 0) is 31.2 Å². The first kappa shape index (κ1) is 22.3. The molecule has 0 atom stereocenters. The zero-order valence-corrected chi connectivity index (χ0v) is 17.5. The van der Waals surface area contributed by atoms with Crippen LogP contribution in [0.25, 0.3) is 0 Å². The fourth-order valence-corrected chi connectivity index (χ4v) is 3.35. The number of nitrogens with zero attached hydrogens (tertiary/aromatic N) is 2. The van der Waals surface area contributed by atoms with E-state index < -0.39 is 15.7 Å². The first-order chi connectivity index (χ1) is 12.0. The van der Waals surface area contributed by atoms with Crippen LogP contribution in [-0.2, 0) is 16.4 Å². The average molecular weight is 492 g/mol. The number of hydrogen-bond acceptors (Lipinski definition) is 4. The summed E-state index contributed by atoms with van der Waals surface area (Å²) in [6.07, 6.45) is 1.69. The van der Waals surface area contributed by atoms with E-state index in [0.717, 1.165) is 11.8 Å². The third-order valence-electron chi connectivity index (χ3n) is 3.30. The molecule has 0 fully saturated rings. The molecular weight excluding hydrogens is 470 g/mol. The number of rotatable bonds is 7. The van der Waals surface area contributed by atoms with Gasteiger partial charge in [-0.2, -0.15) is 0 Å². The minimum absolute atomic E-state index is 0. The molecular formula is C17H22FIN4O2S. The molecule has 0 aliphatic carbocycles. The Morgan fingerprint density at radius 2 is 1.88 bits per heavy atom. The second-order valence-corrected chi connectivity index (χ2v) is 7.27. The third-order valence-corrected chi connectivity index (χ3v) is 5.05. The summed E-state index contributed by atoms with van der Waals surface area (Å²) in [5.41, 5.74) is 0.804. The third kappa shape index (κ3) is 6.87. The second kappa shape index (κ2) is 11.1. The number of halogens is 2. The van der Waals surface area contributed by atoms with Crippen LogP contribution in [0.5, 0.6) is 0 Å². The van der Waals surface area contributed by atoms with Crippen LogP contribution in [0.15, 0.2) is 58.5 Å². The summed E-state index contributed by atoms with van der Waals surface area (Å²) in [7, 11) is -3.70. The van der Waals surface area contributed by atoms with Crippen molar-refractivity contribution in [2.24, 2.45) is 4.99 Å². The largest absolute Gasteiger partial charge is 0.357 e. The van der Waals surface area contributed by atoms with Crippen molar-refractivity contribution in [3.05, 3.63) is 60.2 Å². The molecule has 142 valence electrons. The van der Waals surface area contributed by atoms with Gasteiger partial charge in [-0.15, -0.1) is 24.0 Å². The fourth-order valence-electron chi connectivity index (χ4n) is 2.10. The number of aromatic nitrogens is 1. The summed E-state index contributed by atoms with van der Waals surface area (Å²) in [6.45, 7) is 3.03. The van der Waals surface area contributed by atoms with E-state index in [0.29, 0.717) is 19.0 Å². The van der Waals surface area contributed by atoms with E-state index in [1.54, 1.807) is 6.20 Å². The normalized spacial score (nSPS) is 11.5. The molecule has 0 aliphatic rings. The molecule has 6 nitrogen and oxygen atoms in total. The van der Waals surface area contributed by atoms with Crippen molar-refractivity contribution in [2.75, 3.05) is 18.8 Å². The summed E-state index contributed by atoms with van der Waals surface area (Å²) in [5, 5.41) is 5.98. The maximum absolute atomic E-state index is 13.7. The van der Waals surface area contributed by atoms with E-state index in [1.165, 1.54) is 18.2 Å². The van der Waals surface area contributed by atoms with E-state index >= 15 is 0 Å². The molecule has 0 aliphatic heterocycles. The summed E-state index contributed by atoms with van der Waals surface area (Å²) in [4.78, 5) is 8.25. The predicted molar refractivity (Wildman–Crippen MR) is 111 cm³/mol. The van der Waals surface area contributed by atoms with Crippen LogP contribution in [-0.4, -0.2) is 38.2 Å².